The number of halogens is 1. The summed E-state index contributed by atoms with van der Waals surface area (Å²) < 4.78 is 7.14. The average molecular weight is 346 g/mol. The van der Waals surface area contributed by atoms with E-state index in [0.29, 0.717) is 6.42 Å². The smallest absolute Gasteiger partial charge is 0.135 e. The van der Waals surface area contributed by atoms with Crippen molar-refractivity contribution >= 4 is 33.7 Å². The van der Waals surface area contributed by atoms with Gasteiger partial charge in [-0.1, -0.05) is 48.0 Å². The van der Waals surface area contributed by atoms with Crippen LogP contribution in [0, 0.1) is 0 Å². The number of thiophene rings is 1. The zero-order valence-electron chi connectivity index (χ0n) is 13.3. The topological polar surface area (TPSA) is 35.2 Å². The van der Waals surface area contributed by atoms with Crippen LogP contribution >= 0.6 is 22.9 Å². The highest BCUT2D eigenvalue weighted by atomic mass is 35.5. The molecule has 23 heavy (non-hydrogen) atoms. The molecule has 1 unspecified atom stereocenters. The third kappa shape index (κ3) is 4.05. The van der Waals surface area contributed by atoms with E-state index in [0.717, 1.165) is 20.3 Å². The van der Waals surface area contributed by atoms with Crippen molar-refractivity contribution in [2.45, 2.75) is 31.9 Å². The van der Waals surface area contributed by atoms with Crippen molar-refractivity contribution in [2.75, 3.05) is 0 Å². The van der Waals surface area contributed by atoms with Gasteiger partial charge >= 0.3 is 0 Å². The second kappa shape index (κ2) is 6.52. The molecule has 1 heterocycles. The lowest BCUT2D eigenvalue weighted by molar-refractivity contribution is 0.173. The number of benzene rings is 2. The van der Waals surface area contributed by atoms with E-state index in [2.05, 4.69) is 18.2 Å². The van der Waals surface area contributed by atoms with Crippen LogP contribution in [0.15, 0.2) is 54.6 Å². The van der Waals surface area contributed by atoms with Gasteiger partial charge in [0.1, 0.15) is 11.9 Å². The molecule has 0 saturated carbocycles. The Balaban J connectivity index is 1.97. The minimum Gasteiger partial charge on any atom is -0.484 e. The van der Waals surface area contributed by atoms with E-state index in [1.807, 2.05) is 50.2 Å². The van der Waals surface area contributed by atoms with Crippen LogP contribution in [0.4, 0.5) is 0 Å². The fourth-order valence-electron chi connectivity index (χ4n) is 2.63. The Morgan fingerprint density at radius 3 is 2.52 bits per heavy atom. The summed E-state index contributed by atoms with van der Waals surface area (Å²) in [7, 11) is 0. The number of hydrogen-bond donors (Lipinski definition) is 1. The van der Waals surface area contributed by atoms with Crippen LogP contribution in [-0.4, -0.2) is 5.54 Å². The minimum atomic E-state index is -0.328. The normalized spacial score (nSPS) is 13.2. The Bertz CT molecular complexity index is 801. The van der Waals surface area contributed by atoms with E-state index in [-0.39, 0.29) is 11.6 Å². The van der Waals surface area contributed by atoms with Gasteiger partial charge in [-0.05, 0) is 37.4 Å². The lowest BCUT2D eigenvalue weighted by Gasteiger charge is -2.26. The SMILES string of the molecule is CC(C)(N)CC(Oc1cccc2ccccc12)c1ccc(Cl)s1. The third-order valence-electron chi connectivity index (χ3n) is 3.64. The van der Waals surface area contributed by atoms with Gasteiger partial charge in [0.25, 0.3) is 0 Å². The van der Waals surface area contributed by atoms with Crippen LogP contribution in [0.25, 0.3) is 10.8 Å². The van der Waals surface area contributed by atoms with Crippen molar-refractivity contribution in [3.63, 3.8) is 0 Å². The first-order valence-corrected chi connectivity index (χ1v) is 8.80. The number of rotatable bonds is 5. The van der Waals surface area contributed by atoms with E-state index >= 15 is 0 Å². The first-order valence-electron chi connectivity index (χ1n) is 7.61. The lowest BCUT2D eigenvalue weighted by Crippen LogP contribution is -2.35. The first-order chi connectivity index (χ1) is 10.9. The molecule has 4 heteroatoms. The molecule has 0 aliphatic carbocycles. The zero-order chi connectivity index (χ0) is 16.4. The standard InChI is InChI=1S/C19H20ClNOS/c1-19(2,21)12-16(17-10-11-18(20)23-17)22-15-9-5-7-13-6-3-4-8-14(13)15/h3-11,16H,12,21H2,1-2H3. The molecule has 0 radical (unpaired) electrons. The molecule has 1 atom stereocenters. The fourth-order valence-corrected chi connectivity index (χ4v) is 3.72. The van der Waals surface area contributed by atoms with Gasteiger partial charge in [0, 0.05) is 22.2 Å². The fraction of sp³-hybridized carbons (Fsp3) is 0.263. The van der Waals surface area contributed by atoms with Gasteiger partial charge in [0.15, 0.2) is 0 Å². The maximum atomic E-state index is 6.37. The number of ether oxygens (including phenoxy) is 1. The first kappa shape index (κ1) is 16.3. The summed E-state index contributed by atoms with van der Waals surface area (Å²) in [5, 5.41) is 2.28. The maximum absolute atomic E-state index is 6.37. The molecule has 0 amide bonds. The molecule has 2 nitrogen and oxygen atoms in total. The molecule has 3 aromatic rings. The highest BCUT2D eigenvalue weighted by Gasteiger charge is 2.24. The Hall–Kier alpha value is -1.55. The minimum absolute atomic E-state index is 0.113. The Morgan fingerprint density at radius 1 is 1.09 bits per heavy atom. The third-order valence-corrected chi connectivity index (χ3v) is 4.96. The van der Waals surface area contributed by atoms with Crippen LogP contribution in [0.1, 0.15) is 31.2 Å². The van der Waals surface area contributed by atoms with Crippen molar-refractivity contribution in [2.24, 2.45) is 5.73 Å². The van der Waals surface area contributed by atoms with Crippen molar-refractivity contribution in [3.05, 3.63) is 63.8 Å². The van der Waals surface area contributed by atoms with Crippen molar-refractivity contribution < 1.29 is 4.74 Å². The van der Waals surface area contributed by atoms with Crippen molar-refractivity contribution in [1.29, 1.82) is 0 Å². The van der Waals surface area contributed by atoms with E-state index in [1.165, 1.54) is 5.39 Å². The summed E-state index contributed by atoms with van der Waals surface area (Å²) >= 11 is 7.65. The second-order valence-corrected chi connectivity index (χ2v) is 8.17. The van der Waals surface area contributed by atoms with Gasteiger partial charge in [0.05, 0.1) is 4.34 Å². The number of fused-ring (bicyclic) bond motifs is 1. The van der Waals surface area contributed by atoms with E-state index in [9.17, 15) is 0 Å². The molecule has 0 aliphatic heterocycles. The summed E-state index contributed by atoms with van der Waals surface area (Å²) in [6.07, 6.45) is 0.603. The zero-order valence-corrected chi connectivity index (χ0v) is 14.8. The van der Waals surface area contributed by atoms with E-state index in [1.54, 1.807) is 11.3 Å². The van der Waals surface area contributed by atoms with Crippen LogP contribution in [-0.2, 0) is 0 Å². The summed E-state index contributed by atoms with van der Waals surface area (Å²) in [6, 6.07) is 18.3. The molecule has 2 aromatic carbocycles. The largest absolute Gasteiger partial charge is 0.484 e. The highest BCUT2D eigenvalue weighted by molar-refractivity contribution is 7.16. The molecule has 2 N–H and O–H groups in total. The van der Waals surface area contributed by atoms with Gasteiger partial charge in [-0.25, -0.2) is 0 Å². The predicted molar refractivity (Wildman–Crippen MR) is 99.5 cm³/mol. The Kier molecular flexibility index (Phi) is 4.62. The van der Waals surface area contributed by atoms with Crippen LogP contribution in [0.3, 0.4) is 0 Å². The van der Waals surface area contributed by atoms with Crippen molar-refractivity contribution in [1.82, 2.24) is 0 Å². The van der Waals surface area contributed by atoms with Gasteiger partial charge in [0.2, 0.25) is 0 Å². The van der Waals surface area contributed by atoms with Gasteiger partial charge in [-0.15, -0.1) is 11.3 Å². The Labute approximate surface area is 145 Å². The molecule has 0 saturated heterocycles. The molecule has 120 valence electrons. The summed E-state index contributed by atoms with van der Waals surface area (Å²) in [5.41, 5.74) is 5.91. The van der Waals surface area contributed by atoms with Gasteiger partial charge in [-0.2, -0.15) is 0 Å². The summed E-state index contributed by atoms with van der Waals surface area (Å²) in [5.74, 6) is 0.877. The predicted octanol–water partition coefficient (Wildman–Crippen LogP) is 5.80. The Morgan fingerprint density at radius 2 is 1.83 bits per heavy atom. The van der Waals surface area contributed by atoms with Crippen LogP contribution in [0.5, 0.6) is 5.75 Å². The highest BCUT2D eigenvalue weighted by Crippen LogP contribution is 2.36. The van der Waals surface area contributed by atoms with Gasteiger partial charge < -0.3 is 10.5 Å². The van der Waals surface area contributed by atoms with Crippen LogP contribution < -0.4 is 10.5 Å². The lowest BCUT2D eigenvalue weighted by atomic mass is 9.97. The number of hydrogen-bond acceptors (Lipinski definition) is 3. The number of nitrogens with two attached hydrogens (primary N) is 1. The molecule has 3 rings (SSSR count). The van der Waals surface area contributed by atoms with E-state index < -0.39 is 0 Å². The monoisotopic (exact) mass is 345 g/mol. The molecule has 0 fully saturated rings. The molecule has 0 bridgehead atoms. The second-order valence-electron chi connectivity index (χ2n) is 6.42. The quantitative estimate of drug-likeness (QED) is 0.634. The maximum Gasteiger partial charge on any atom is 0.135 e. The van der Waals surface area contributed by atoms with Gasteiger partial charge in [-0.3, -0.25) is 0 Å². The molecule has 1 aromatic heterocycles. The molecule has 0 aliphatic rings. The van der Waals surface area contributed by atoms with Crippen LogP contribution in [0.2, 0.25) is 4.34 Å². The average Bonchev–Trinajstić information content (AvgIpc) is 2.92. The van der Waals surface area contributed by atoms with Crippen molar-refractivity contribution in [3.8, 4) is 5.75 Å². The molecular formula is C19H20ClNOS. The summed E-state index contributed by atoms with van der Waals surface area (Å²) in [4.78, 5) is 1.10. The summed E-state index contributed by atoms with van der Waals surface area (Å²) in [6.45, 7) is 4.03. The van der Waals surface area contributed by atoms with E-state index in [4.69, 9.17) is 22.1 Å². The molecule has 0 spiro atoms. The molecular weight excluding hydrogens is 326 g/mol.